The number of benzene rings is 3. The lowest BCUT2D eigenvalue weighted by Crippen LogP contribution is -2.61. The lowest BCUT2D eigenvalue weighted by Gasteiger charge is -2.51. The molecule has 3 fully saturated rings. The molecule has 2 saturated heterocycles. The fourth-order valence-corrected chi connectivity index (χ4v) is 9.64. The minimum Gasteiger partial charge on any atom is -0.508 e. The molecule has 1 saturated carbocycles. The van der Waals surface area contributed by atoms with Gasteiger partial charge in [0.05, 0.1) is 29.2 Å². The molecular formula is C36H28BrCl2N3O6. The number of fused-ring (bicyclic) bond motifs is 5. The van der Waals surface area contributed by atoms with E-state index in [0.717, 1.165) is 16.3 Å². The van der Waals surface area contributed by atoms with Gasteiger partial charge in [0, 0.05) is 29.3 Å². The lowest BCUT2D eigenvalue weighted by molar-refractivity contribution is -0.138. The van der Waals surface area contributed by atoms with Crippen molar-refractivity contribution in [3.05, 3.63) is 102 Å². The molecule has 0 aromatic heterocycles. The van der Waals surface area contributed by atoms with Gasteiger partial charge < -0.3 is 15.2 Å². The first-order valence-corrected chi connectivity index (χ1v) is 17.4. The summed E-state index contributed by atoms with van der Waals surface area (Å²) < 4.78 is 5.96. The molecule has 8 rings (SSSR count). The average Bonchev–Trinajstić information content (AvgIpc) is 3.42. The van der Waals surface area contributed by atoms with Crippen LogP contribution >= 0.6 is 39.1 Å². The molecule has 6 atom stereocenters. The fraction of sp³-hybridized carbons (Fsp3) is 0.278. The zero-order valence-electron chi connectivity index (χ0n) is 25.2. The zero-order valence-corrected chi connectivity index (χ0v) is 28.3. The number of aromatic hydroxyl groups is 1. The van der Waals surface area contributed by atoms with E-state index in [2.05, 4.69) is 21.2 Å². The minimum absolute atomic E-state index is 0.0451. The number of ether oxygens (including phenoxy) is 1. The number of phenols is 1. The highest BCUT2D eigenvalue weighted by molar-refractivity contribution is 9.09. The van der Waals surface area contributed by atoms with E-state index in [4.69, 9.17) is 27.9 Å². The van der Waals surface area contributed by atoms with Gasteiger partial charge in [0.1, 0.15) is 11.5 Å². The number of halogens is 3. The highest BCUT2D eigenvalue weighted by Gasteiger charge is 2.76. The highest BCUT2D eigenvalue weighted by atomic mass is 79.9. The summed E-state index contributed by atoms with van der Waals surface area (Å²) in [5.74, 6) is -4.50. The van der Waals surface area contributed by atoms with Crippen molar-refractivity contribution in [2.75, 3.05) is 15.7 Å². The third kappa shape index (κ3) is 4.35. The van der Waals surface area contributed by atoms with Crippen LogP contribution in [0, 0.1) is 23.7 Å². The maximum atomic E-state index is 14.4. The molecule has 3 aromatic carbocycles. The number of alkyl halides is 3. The number of nitrogens with one attached hydrogen (secondary N) is 1. The van der Waals surface area contributed by atoms with Gasteiger partial charge in [0.2, 0.25) is 11.8 Å². The number of para-hydroxylation sites is 1. The van der Waals surface area contributed by atoms with Gasteiger partial charge in [0.15, 0.2) is 9.75 Å². The molecule has 0 spiro atoms. The van der Waals surface area contributed by atoms with Crippen LogP contribution in [-0.4, -0.2) is 48.8 Å². The van der Waals surface area contributed by atoms with Crippen LogP contribution in [0.3, 0.4) is 0 Å². The molecule has 3 aromatic rings. The molecule has 9 nitrogen and oxygen atoms in total. The zero-order chi connectivity index (χ0) is 33.5. The number of anilines is 3. The summed E-state index contributed by atoms with van der Waals surface area (Å²) in [5, 5.41) is 13.5. The summed E-state index contributed by atoms with van der Waals surface area (Å²) in [4.78, 5) is 54.7. The number of amides is 4. The number of likely N-dealkylation sites (tertiary alicyclic amines) is 1. The van der Waals surface area contributed by atoms with Crippen molar-refractivity contribution in [3.63, 3.8) is 0 Å². The Morgan fingerprint density at radius 1 is 0.917 bits per heavy atom. The van der Waals surface area contributed by atoms with E-state index in [-0.39, 0.29) is 42.3 Å². The number of phenolic OH excluding ortho intramolecular Hbond substituents is 1. The van der Waals surface area contributed by atoms with Gasteiger partial charge in [-0.25, -0.2) is 0 Å². The first-order chi connectivity index (χ1) is 23.1. The summed E-state index contributed by atoms with van der Waals surface area (Å²) in [5.41, 5.74) is 3.96. The molecule has 4 amide bonds. The Kier molecular flexibility index (Phi) is 7.28. The Hall–Kier alpha value is -4.12. The maximum Gasteiger partial charge on any atom is 0.254 e. The number of carbonyl (C=O) groups is 4. The number of hydrogen-bond acceptors (Lipinski definition) is 7. The van der Waals surface area contributed by atoms with Gasteiger partial charge in [-0.15, -0.1) is 23.2 Å². The van der Waals surface area contributed by atoms with Gasteiger partial charge in [0.25, 0.3) is 11.8 Å². The number of allylic oxidation sites excluding steroid dienone is 3. The van der Waals surface area contributed by atoms with Gasteiger partial charge in [-0.1, -0.05) is 45.8 Å². The first kappa shape index (κ1) is 31.2. The minimum atomic E-state index is -1.93. The summed E-state index contributed by atoms with van der Waals surface area (Å²) in [6.07, 6.45) is 3.82. The molecule has 3 aliphatic heterocycles. The van der Waals surface area contributed by atoms with Crippen LogP contribution in [0.25, 0.3) is 0 Å². The molecule has 0 bridgehead atoms. The predicted molar refractivity (Wildman–Crippen MR) is 183 cm³/mol. The molecule has 3 heterocycles. The van der Waals surface area contributed by atoms with E-state index in [0.29, 0.717) is 28.1 Å². The van der Waals surface area contributed by atoms with Crippen LogP contribution in [0.1, 0.15) is 18.4 Å². The van der Waals surface area contributed by atoms with Crippen molar-refractivity contribution in [1.82, 2.24) is 4.90 Å². The molecule has 48 heavy (non-hydrogen) atoms. The molecule has 12 heteroatoms. The largest absolute Gasteiger partial charge is 0.508 e. The van der Waals surface area contributed by atoms with Crippen LogP contribution in [-0.2, 0) is 25.6 Å². The van der Waals surface area contributed by atoms with Crippen molar-refractivity contribution in [3.8, 4) is 11.5 Å². The van der Waals surface area contributed by atoms with Crippen LogP contribution in [0.5, 0.6) is 11.5 Å². The van der Waals surface area contributed by atoms with Crippen LogP contribution in [0.4, 0.5) is 17.1 Å². The van der Waals surface area contributed by atoms with Crippen LogP contribution in [0.15, 0.2) is 96.3 Å². The topological polar surface area (TPSA) is 116 Å². The Bertz CT molecular complexity index is 1970. The second-order valence-corrected chi connectivity index (χ2v) is 14.6. The fourth-order valence-electron chi connectivity index (χ4n) is 8.20. The van der Waals surface area contributed by atoms with Gasteiger partial charge in [-0.2, -0.15) is 0 Å². The SMILES string of the molecule is O=C1C2CC=C3C(CC4(Cl)C(=O)N(CBr)C(=O)C4(Cl)C3C3=COc4ccc(O)cc4C3)C2C(=O)N1c1ccc(Nc2ccccc2)cc1. The number of hydrogen-bond donors (Lipinski definition) is 2. The Labute approximate surface area is 294 Å². The van der Waals surface area contributed by atoms with E-state index in [1.807, 2.05) is 48.5 Å². The second-order valence-electron chi connectivity index (χ2n) is 12.8. The Morgan fingerprint density at radius 3 is 2.38 bits per heavy atom. The van der Waals surface area contributed by atoms with Gasteiger partial charge in [-0.3, -0.25) is 29.0 Å². The van der Waals surface area contributed by atoms with Crippen molar-refractivity contribution in [1.29, 1.82) is 0 Å². The number of rotatable bonds is 5. The maximum absolute atomic E-state index is 14.4. The summed E-state index contributed by atoms with van der Waals surface area (Å²) in [6, 6.07) is 21.5. The molecular weight excluding hydrogens is 721 g/mol. The summed E-state index contributed by atoms with van der Waals surface area (Å²) in [7, 11) is 0. The molecule has 6 unspecified atom stereocenters. The van der Waals surface area contributed by atoms with Crippen molar-refractivity contribution in [2.24, 2.45) is 23.7 Å². The van der Waals surface area contributed by atoms with Crippen LogP contribution < -0.4 is 15.0 Å². The molecule has 244 valence electrons. The standard InChI is InChI=1S/C36H28BrCl2N3O6/c37-18-41-33(46)35(38)16-27-25(30(36(35,39)34(41)47)20-14-19-15-24(43)10-13-28(19)48-17-20)11-12-26-29(27)32(45)42(31(26)44)23-8-6-22(7-9-23)40-21-4-2-1-3-5-21/h1-11,13,15,17,26-27,29-30,40,43H,12,14,16,18H2. The van der Waals surface area contributed by atoms with Crippen molar-refractivity contribution >= 4 is 79.8 Å². The van der Waals surface area contributed by atoms with Crippen molar-refractivity contribution < 1.29 is 29.0 Å². The Morgan fingerprint density at radius 2 is 1.65 bits per heavy atom. The van der Waals surface area contributed by atoms with Crippen LogP contribution in [0.2, 0.25) is 0 Å². The lowest BCUT2D eigenvalue weighted by atomic mass is 9.56. The number of nitrogens with zero attached hydrogens (tertiary/aromatic N) is 2. The molecule has 5 aliphatic rings. The summed E-state index contributed by atoms with van der Waals surface area (Å²) in [6.45, 7) is 0. The third-order valence-electron chi connectivity index (χ3n) is 10.3. The average molecular weight is 749 g/mol. The monoisotopic (exact) mass is 747 g/mol. The van der Waals surface area contributed by atoms with E-state index >= 15 is 0 Å². The normalized spacial score (nSPS) is 30.6. The predicted octanol–water partition coefficient (Wildman–Crippen LogP) is 6.40. The van der Waals surface area contributed by atoms with Gasteiger partial charge in [-0.05, 0) is 78.9 Å². The number of carbonyl (C=O) groups excluding carboxylic acids is 4. The van der Waals surface area contributed by atoms with E-state index in [1.165, 1.54) is 17.2 Å². The van der Waals surface area contributed by atoms with E-state index in [9.17, 15) is 24.3 Å². The second kappa shape index (κ2) is 11.2. The molecule has 0 radical (unpaired) electrons. The van der Waals surface area contributed by atoms with E-state index < -0.39 is 45.2 Å². The molecule has 2 aliphatic carbocycles. The summed E-state index contributed by atoms with van der Waals surface area (Å²) >= 11 is 17.9. The quantitative estimate of drug-likeness (QED) is 0.134. The van der Waals surface area contributed by atoms with Gasteiger partial charge >= 0.3 is 0 Å². The Balaban J connectivity index is 1.17. The molecule has 2 N–H and O–H groups in total. The third-order valence-corrected chi connectivity index (χ3v) is 12.3. The highest BCUT2D eigenvalue weighted by Crippen LogP contribution is 2.65. The van der Waals surface area contributed by atoms with E-state index in [1.54, 1.807) is 24.3 Å². The number of imide groups is 2. The first-order valence-electron chi connectivity index (χ1n) is 15.5. The van der Waals surface area contributed by atoms with Crippen molar-refractivity contribution in [2.45, 2.75) is 29.0 Å². The smallest absolute Gasteiger partial charge is 0.254 e.